The number of carbonyl (C=O) groups is 1. The molecule has 4 heteroatoms. The zero-order valence-electron chi connectivity index (χ0n) is 12.3. The molecule has 0 heterocycles. The summed E-state index contributed by atoms with van der Waals surface area (Å²) in [6.45, 7) is 2.79. The average molecular weight is 268 g/mol. The number of hydrogen-bond acceptors (Lipinski definition) is 3. The third-order valence-electron chi connectivity index (χ3n) is 4.70. The fourth-order valence-electron chi connectivity index (χ4n) is 3.39. The quantitative estimate of drug-likeness (QED) is 0.774. The van der Waals surface area contributed by atoms with Crippen LogP contribution in [-0.4, -0.2) is 37.2 Å². The van der Waals surface area contributed by atoms with Gasteiger partial charge in [-0.2, -0.15) is 0 Å². The highest BCUT2D eigenvalue weighted by Crippen LogP contribution is 2.31. The van der Waals surface area contributed by atoms with Gasteiger partial charge in [0.15, 0.2) is 0 Å². The zero-order valence-corrected chi connectivity index (χ0v) is 12.3. The van der Waals surface area contributed by atoms with E-state index in [-0.39, 0.29) is 11.4 Å². The fourth-order valence-corrected chi connectivity index (χ4v) is 3.39. The van der Waals surface area contributed by atoms with Gasteiger partial charge in [0.2, 0.25) is 5.91 Å². The molecule has 0 saturated heterocycles. The minimum absolute atomic E-state index is 0.0470. The van der Waals surface area contributed by atoms with E-state index in [0.29, 0.717) is 18.6 Å². The lowest BCUT2D eigenvalue weighted by atomic mass is 9.79. The Labute approximate surface area is 116 Å². The van der Waals surface area contributed by atoms with Gasteiger partial charge in [-0.05, 0) is 39.7 Å². The van der Waals surface area contributed by atoms with Gasteiger partial charge in [0.25, 0.3) is 0 Å². The first-order valence-corrected chi connectivity index (χ1v) is 7.77. The van der Waals surface area contributed by atoms with Crippen molar-refractivity contribution >= 4 is 5.91 Å². The van der Waals surface area contributed by atoms with Crippen molar-refractivity contribution in [1.82, 2.24) is 10.6 Å². The van der Waals surface area contributed by atoms with E-state index < -0.39 is 0 Å². The Balaban J connectivity index is 1.72. The van der Waals surface area contributed by atoms with Crippen molar-refractivity contribution in [2.75, 3.05) is 13.7 Å². The van der Waals surface area contributed by atoms with E-state index in [9.17, 15) is 4.79 Å². The van der Waals surface area contributed by atoms with Gasteiger partial charge in [-0.15, -0.1) is 0 Å². The summed E-state index contributed by atoms with van der Waals surface area (Å²) in [4.78, 5) is 12.2. The van der Waals surface area contributed by atoms with E-state index in [4.69, 9.17) is 4.74 Å². The molecule has 0 radical (unpaired) electrons. The van der Waals surface area contributed by atoms with Gasteiger partial charge < -0.3 is 15.4 Å². The number of amides is 1. The Kier molecular flexibility index (Phi) is 5.22. The van der Waals surface area contributed by atoms with Crippen molar-refractivity contribution in [3.8, 4) is 0 Å². The number of nitrogens with one attached hydrogen (secondary N) is 2. The molecule has 0 bridgehead atoms. The van der Waals surface area contributed by atoms with E-state index in [0.717, 1.165) is 32.3 Å². The Morgan fingerprint density at radius 1 is 1.26 bits per heavy atom. The molecular formula is C15H28N2O2. The number of rotatable bonds is 6. The molecule has 0 aromatic heterocycles. The molecule has 110 valence electrons. The molecule has 0 spiro atoms. The summed E-state index contributed by atoms with van der Waals surface area (Å²) in [6, 6.07) is 0.335. The van der Waals surface area contributed by atoms with Gasteiger partial charge in [-0.3, -0.25) is 4.79 Å². The summed E-state index contributed by atoms with van der Waals surface area (Å²) >= 11 is 0. The van der Waals surface area contributed by atoms with Gasteiger partial charge in [-0.25, -0.2) is 0 Å². The van der Waals surface area contributed by atoms with Crippen LogP contribution < -0.4 is 10.6 Å². The van der Waals surface area contributed by atoms with Gasteiger partial charge in [0, 0.05) is 24.6 Å². The Morgan fingerprint density at radius 3 is 2.53 bits per heavy atom. The average Bonchev–Trinajstić information content (AvgIpc) is 2.37. The molecule has 1 amide bonds. The molecule has 2 fully saturated rings. The predicted molar refractivity (Wildman–Crippen MR) is 76.1 cm³/mol. The summed E-state index contributed by atoms with van der Waals surface area (Å²) < 4.78 is 5.52. The maximum absolute atomic E-state index is 12.2. The van der Waals surface area contributed by atoms with Gasteiger partial charge in [-0.1, -0.05) is 19.3 Å². The second-order valence-electron chi connectivity index (χ2n) is 6.08. The molecular weight excluding hydrogens is 240 g/mol. The SMILES string of the molecule is CCOC1CC(NC(=O)CC2(NC)CCCCC2)C1. The van der Waals surface area contributed by atoms with Crippen molar-refractivity contribution in [1.29, 1.82) is 0 Å². The van der Waals surface area contributed by atoms with Gasteiger partial charge in [0.05, 0.1) is 6.10 Å². The summed E-state index contributed by atoms with van der Waals surface area (Å²) in [6.07, 6.45) is 8.99. The van der Waals surface area contributed by atoms with Crippen LogP contribution in [0.1, 0.15) is 58.3 Å². The third kappa shape index (κ3) is 3.93. The fraction of sp³-hybridized carbons (Fsp3) is 0.933. The summed E-state index contributed by atoms with van der Waals surface area (Å²) in [5, 5.41) is 6.55. The highest BCUT2D eigenvalue weighted by molar-refractivity contribution is 5.77. The second kappa shape index (κ2) is 6.71. The lowest BCUT2D eigenvalue weighted by Crippen LogP contribution is -2.52. The lowest BCUT2D eigenvalue weighted by Gasteiger charge is -2.39. The van der Waals surface area contributed by atoms with Crippen LogP contribution in [0.2, 0.25) is 0 Å². The Morgan fingerprint density at radius 2 is 1.95 bits per heavy atom. The second-order valence-corrected chi connectivity index (χ2v) is 6.08. The van der Waals surface area contributed by atoms with Crippen LogP contribution in [0.4, 0.5) is 0 Å². The summed E-state index contributed by atoms with van der Waals surface area (Å²) in [7, 11) is 1.99. The largest absolute Gasteiger partial charge is 0.378 e. The van der Waals surface area contributed by atoms with E-state index in [1.807, 2.05) is 14.0 Å². The van der Waals surface area contributed by atoms with Crippen molar-refractivity contribution in [2.45, 2.75) is 76.0 Å². The van der Waals surface area contributed by atoms with Crippen LogP contribution in [0, 0.1) is 0 Å². The molecule has 2 N–H and O–H groups in total. The van der Waals surface area contributed by atoms with Crippen LogP contribution in [0.25, 0.3) is 0 Å². The number of ether oxygens (including phenoxy) is 1. The van der Waals surface area contributed by atoms with Crippen molar-refractivity contribution in [3.05, 3.63) is 0 Å². The monoisotopic (exact) mass is 268 g/mol. The standard InChI is InChI=1S/C15H28N2O2/c1-3-19-13-9-12(10-13)17-14(18)11-15(16-2)7-5-4-6-8-15/h12-13,16H,3-11H2,1-2H3,(H,17,18). The van der Waals surface area contributed by atoms with Crippen LogP contribution in [-0.2, 0) is 9.53 Å². The molecule has 0 unspecified atom stereocenters. The molecule has 0 aliphatic heterocycles. The lowest BCUT2D eigenvalue weighted by molar-refractivity contribution is -0.125. The highest BCUT2D eigenvalue weighted by atomic mass is 16.5. The summed E-state index contributed by atoms with van der Waals surface area (Å²) in [5.41, 5.74) is 0.0470. The topological polar surface area (TPSA) is 50.4 Å². The molecule has 4 nitrogen and oxygen atoms in total. The minimum atomic E-state index is 0.0470. The Bertz CT molecular complexity index is 295. The maximum atomic E-state index is 12.2. The van der Waals surface area contributed by atoms with E-state index in [1.54, 1.807) is 0 Å². The minimum Gasteiger partial charge on any atom is -0.378 e. The smallest absolute Gasteiger partial charge is 0.222 e. The van der Waals surface area contributed by atoms with Crippen LogP contribution in [0.3, 0.4) is 0 Å². The van der Waals surface area contributed by atoms with E-state index in [1.165, 1.54) is 19.3 Å². The van der Waals surface area contributed by atoms with E-state index >= 15 is 0 Å². The van der Waals surface area contributed by atoms with Crippen molar-refractivity contribution < 1.29 is 9.53 Å². The van der Waals surface area contributed by atoms with Gasteiger partial charge >= 0.3 is 0 Å². The zero-order chi connectivity index (χ0) is 13.7. The number of carbonyl (C=O) groups excluding carboxylic acids is 1. The first kappa shape index (κ1) is 14.8. The van der Waals surface area contributed by atoms with Crippen molar-refractivity contribution in [3.63, 3.8) is 0 Å². The van der Waals surface area contributed by atoms with Crippen molar-refractivity contribution in [2.24, 2.45) is 0 Å². The first-order chi connectivity index (χ1) is 9.17. The molecule has 2 aliphatic carbocycles. The molecule has 2 saturated carbocycles. The first-order valence-electron chi connectivity index (χ1n) is 7.77. The maximum Gasteiger partial charge on any atom is 0.222 e. The highest BCUT2D eigenvalue weighted by Gasteiger charge is 2.35. The molecule has 0 atom stereocenters. The third-order valence-corrected chi connectivity index (χ3v) is 4.70. The molecule has 2 rings (SSSR count). The Hall–Kier alpha value is -0.610. The van der Waals surface area contributed by atoms with Crippen LogP contribution >= 0.6 is 0 Å². The molecule has 0 aromatic rings. The molecule has 0 aromatic carbocycles. The summed E-state index contributed by atoms with van der Waals surface area (Å²) in [5.74, 6) is 0.205. The molecule has 19 heavy (non-hydrogen) atoms. The van der Waals surface area contributed by atoms with Gasteiger partial charge in [0.1, 0.15) is 0 Å². The van der Waals surface area contributed by atoms with Crippen LogP contribution in [0.5, 0.6) is 0 Å². The predicted octanol–water partition coefficient (Wildman–Crippen LogP) is 1.98. The molecule has 2 aliphatic rings. The van der Waals surface area contributed by atoms with E-state index in [2.05, 4.69) is 10.6 Å². The number of hydrogen-bond donors (Lipinski definition) is 2. The van der Waals surface area contributed by atoms with Crippen LogP contribution in [0.15, 0.2) is 0 Å². The normalized spacial score (nSPS) is 29.6.